The van der Waals surface area contributed by atoms with E-state index < -0.39 is 363 Å². The third-order valence-electron chi connectivity index (χ3n) is 27.6. The van der Waals surface area contributed by atoms with Crippen LogP contribution in [0.15, 0.2) is 12.2 Å². The molecule has 7 aliphatic heterocycles. The highest BCUT2D eigenvalue weighted by molar-refractivity contribution is 5.79. The Kier molecular flexibility index (Phi) is 55.0. The zero-order chi connectivity index (χ0) is 109. The number of nitrogens with one attached hydrogen (secondary N) is 5. The summed E-state index contributed by atoms with van der Waals surface area (Å²) in [6.07, 6.45) is -45.1. The molecule has 0 aromatic rings. The Morgan fingerprint density at radius 1 is 0.381 bits per heavy atom. The number of aliphatic carboxylic acids is 3. The van der Waals surface area contributed by atoms with Gasteiger partial charge in [-0.3, -0.25) is 24.0 Å². The third-order valence-corrected chi connectivity index (χ3v) is 27.6. The first kappa shape index (κ1) is 128. The van der Waals surface area contributed by atoms with Gasteiger partial charge in [0, 0.05) is 53.4 Å². The van der Waals surface area contributed by atoms with Gasteiger partial charge in [-0.15, -0.1) is 0 Å². The molecule has 7 heterocycles. The Morgan fingerprint density at radius 2 is 0.741 bits per heavy atom. The van der Waals surface area contributed by atoms with E-state index in [4.69, 9.17) is 66.3 Å². The number of allylic oxidation sites excluding steroid dienone is 1. The minimum atomic E-state index is -3.67. The lowest BCUT2D eigenvalue weighted by Crippen LogP contribution is -2.72. The average molecular weight is 2130 g/mol. The number of unbranched alkanes of at least 4 members (excludes halogenated alkanes) is 25. The summed E-state index contributed by atoms with van der Waals surface area (Å²) in [5.74, 6) is -21.6. The number of ether oxygens (including phenoxy) is 14. The number of carbonyl (C=O) groups is 8. The van der Waals surface area contributed by atoms with Crippen molar-refractivity contribution in [3.63, 3.8) is 0 Å². The number of rotatable bonds is 66. The van der Waals surface area contributed by atoms with Gasteiger partial charge in [0.2, 0.25) is 29.5 Å². The maximum Gasteiger partial charge on any atom is 0.364 e. The molecule has 0 aromatic heterocycles. The fourth-order valence-corrected chi connectivity index (χ4v) is 19.4. The topological polar surface area (TPSA) is 832 Å². The molecule has 14 unspecified atom stereocenters. The van der Waals surface area contributed by atoms with Crippen molar-refractivity contribution >= 4 is 47.4 Å². The van der Waals surface area contributed by atoms with E-state index in [9.17, 15) is 166 Å². The summed E-state index contributed by atoms with van der Waals surface area (Å²) in [6.45, 7) is -1.94. The number of amides is 5. The number of hydrogen-bond acceptors (Lipinski definition) is 44. The van der Waals surface area contributed by atoms with Gasteiger partial charge in [0.05, 0.1) is 101 Å². The molecule has 5 amide bonds. The van der Waals surface area contributed by atoms with Crippen LogP contribution in [0.5, 0.6) is 0 Å². The maximum atomic E-state index is 14.0. The van der Waals surface area contributed by atoms with E-state index in [0.29, 0.717) is 12.8 Å². The van der Waals surface area contributed by atoms with Crippen LogP contribution in [0.4, 0.5) is 0 Å². The van der Waals surface area contributed by atoms with Gasteiger partial charge >= 0.3 is 17.9 Å². The van der Waals surface area contributed by atoms with Crippen LogP contribution in [-0.4, -0.2) is 472 Å². The van der Waals surface area contributed by atoms with Gasteiger partial charge in [-0.25, -0.2) is 14.4 Å². The van der Waals surface area contributed by atoms with E-state index in [1.165, 1.54) is 102 Å². The van der Waals surface area contributed by atoms with E-state index in [0.717, 1.165) is 91.9 Å². The Balaban J connectivity index is 1.17. The lowest BCUT2D eigenvalue weighted by atomic mass is 9.87. The Bertz CT molecular complexity index is 3920. The molecular formula is C95H165N5O47. The molecular weight excluding hydrogens is 1960 g/mol. The molecule has 147 heavy (non-hydrogen) atoms. The molecule has 0 aromatic carbocycles. The van der Waals surface area contributed by atoms with Gasteiger partial charge in [0.15, 0.2) is 25.2 Å². The van der Waals surface area contributed by atoms with Crippen molar-refractivity contribution in [3.05, 3.63) is 12.2 Å². The average Bonchev–Trinajstić information content (AvgIpc) is 0.747. The number of carboxylic acid groups (broad SMARTS) is 3. The second-order valence-corrected chi connectivity index (χ2v) is 39.3. The number of aliphatic hydroxyl groups excluding tert-OH is 22. The number of hydrogen-bond donors (Lipinski definition) is 30. The van der Waals surface area contributed by atoms with E-state index in [2.05, 4.69) is 40.4 Å². The molecule has 30 N–H and O–H groups in total. The van der Waals surface area contributed by atoms with E-state index in [-0.39, 0.29) is 6.42 Å². The molecule has 852 valence electrons. The predicted molar refractivity (Wildman–Crippen MR) is 501 cm³/mol. The highest BCUT2D eigenvalue weighted by Crippen LogP contribution is 2.44. The lowest BCUT2D eigenvalue weighted by Gasteiger charge is -2.52. The van der Waals surface area contributed by atoms with Crippen LogP contribution in [0.3, 0.4) is 0 Å². The summed E-state index contributed by atoms with van der Waals surface area (Å²) in [6, 6.07) is -9.17. The zero-order valence-corrected chi connectivity index (χ0v) is 84.3. The van der Waals surface area contributed by atoms with Crippen molar-refractivity contribution in [2.45, 2.75) is 484 Å². The summed E-state index contributed by atoms with van der Waals surface area (Å²) in [5, 5.41) is 297. The molecule has 0 spiro atoms. The van der Waals surface area contributed by atoms with Crippen LogP contribution in [-0.2, 0) is 105 Å². The molecule has 7 rings (SSSR count). The van der Waals surface area contributed by atoms with Crippen molar-refractivity contribution in [3.8, 4) is 0 Å². The fraction of sp³-hybridized carbons (Fsp3) is 0.895. The van der Waals surface area contributed by atoms with Crippen molar-refractivity contribution in [2.24, 2.45) is 0 Å². The highest BCUT2D eigenvalue weighted by atomic mass is 16.8. The summed E-state index contributed by atoms with van der Waals surface area (Å²) >= 11 is 0. The second kappa shape index (κ2) is 63.2. The van der Waals surface area contributed by atoms with E-state index in [1.54, 1.807) is 6.08 Å². The van der Waals surface area contributed by atoms with Crippen molar-refractivity contribution in [1.82, 2.24) is 26.6 Å². The maximum absolute atomic E-state index is 14.0. The minimum absolute atomic E-state index is 0.101. The Labute approximate surface area is 852 Å². The quantitative estimate of drug-likeness (QED) is 0.0199. The van der Waals surface area contributed by atoms with Gasteiger partial charge in [0.1, 0.15) is 153 Å². The van der Waals surface area contributed by atoms with Crippen molar-refractivity contribution in [2.75, 3.05) is 52.9 Å². The molecule has 0 bridgehead atoms. The van der Waals surface area contributed by atoms with Crippen molar-refractivity contribution in [1.29, 1.82) is 0 Å². The molecule has 52 nitrogen and oxygen atoms in total. The number of carboxylic acids is 3. The monoisotopic (exact) mass is 2130 g/mol. The van der Waals surface area contributed by atoms with Crippen LogP contribution in [0, 0.1) is 0 Å². The first-order valence-corrected chi connectivity index (χ1v) is 51.4. The molecule has 0 saturated carbocycles. The van der Waals surface area contributed by atoms with Gasteiger partial charge < -0.3 is 221 Å². The summed E-state index contributed by atoms with van der Waals surface area (Å²) in [4.78, 5) is 106. The number of carbonyl (C=O) groups excluding carboxylic acids is 5. The van der Waals surface area contributed by atoms with Crippen LogP contribution < -0.4 is 26.6 Å². The second-order valence-electron chi connectivity index (χ2n) is 39.3. The largest absolute Gasteiger partial charge is 0.477 e. The van der Waals surface area contributed by atoms with E-state index >= 15 is 0 Å². The Hall–Kier alpha value is -5.94. The highest BCUT2D eigenvalue weighted by Gasteiger charge is 2.65. The SMILES string of the molecule is CCCCCCCCCCCCC/C=C/[C@@H](O)[C@H](CO[C@@H]1OC(CO)[C@@H](O[C@@H]2OC(CO)[C@H](O[C@@H]3OC(CO[C@]4(C(=O)O)CC(O)[C@@H](NC(C)=O)C([C@H](O)[C@H](O)CO)O4)[C@H](O)[C@H](O[C@@H]4OC(CO)[C@H](O)[C@H](O[C@]5(C(=O)O)CC(O)[C@@H](NC(C)=O)C([C@H](O)[C@@H](CO)O[C@]6(C(=O)O)CC(O)[C@@H](NC(C)=O)C([C@H](O)[C@H](O)CO)O6)O5)C4O)C3NC(C)=O)[C@H](O)C2O)[C@H](O)C1O)NC(=O)CCCCCCCCCCCCCCCCC. The van der Waals surface area contributed by atoms with Crippen LogP contribution in [0.25, 0.3) is 0 Å². The molecule has 40 atom stereocenters. The summed E-state index contributed by atoms with van der Waals surface area (Å²) in [7, 11) is 0. The normalized spacial score (nSPS) is 35.5. The zero-order valence-electron chi connectivity index (χ0n) is 84.3. The summed E-state index contributed by atoms with van der Waals surface area (Å²) < 4.78 is 83.5. The van der Waals surface area contributed by atoms with Crippen molar-refractivity contribution < 1.29 is 232 Å². The molecule has 0 radical (unpaired) electrons. The predicted octanol–water partition coefficient (Wildman–Crippen LogP) is -6.69. The molecule has 52 heteroatoms. The Morgan fingerprint density at radius 3 is 1.18 bits per heavy atom. The lowest BCUT2D eigenvalue weighted by molar-refractivity contribution is -0.392. The van der Waals surface area contributed by atoms with Gasteiger partial charge in [0.25, 0.3) is 17.4 Å². The minimum Gasteiger partial charge on any atom is -0.477 e. The van der Waals surface area contributed by atoms with E-state index in [1.807, 2.05) is 0 Å². The van der Waals surface area contributed by atoms with Crippen LogP contribution >= 0.6 is 0 Å². The molecule has 7 saturated heterocycles. The fourth-order valence-electron chi connectivity index (χ4n) is 19.4. The smallest absolute Gasteiger partial charge is 0.364 e. The first-order valence-electron chi connectivity index (χ1n) is 51.4. The van der Waals surface area contributed by atoms with Gasteiger partial charge in [-0.1, -0.05) is 180 Å². The molecule has 0 aliphatic carbocycles. The molecule has 7 aliphatic rings. The summed E-state index contributed by atoms with van der Waals surface area (Å²) in [5.41, 5.74) is 0. The first-order chi connectivity index (χ1) is 69.8. The standard InChI is InChI=1S/C95H165N5O47/c1-7-9-11-13-15-17-19-21-22-24-26-28-30-32-34-36-64(117)100-52(53(111)35-33-31-29-27-25-23-20-18-16-14-12-10-8-2)46-134-87-76(125)74(123)80(61(44-105)137-87)141-88-77(126)75(124)79(62(45-106)138-88)140-86-68(99-51(6)110)81(73(122)63(139-86)47-135-93(90(128)129)37-54(112)65(96-48(3)107)82(144-93)69(118)57(115)40-101)142-89-78(127)85(71(120)59(42-103)136-89)147-95(92(132)133)39-56(114)67(98-50(5)109)84(146-95)72(121)60(43-104)143-94(91(130)131)38-55(113)66(97-49(4)108)83(145-94)70(119)58(116)41-102/h33,35,52-63,65-89,101-106,111-116,118-127H,7-32,34,36-47H2,1-6H3,(H,96,107)(H,97,108)(H,98,109)(H,99,110)(H,100,117)(H,128,129)(H,130,131)(H,132,133)/b35-33+/t52-,53+,54?,55?,56?,57+,58+,59?,60+,61?,62?,63?,65+,66+,67+,68?,69+,70+,71-,72+,73-,74+,75+,76?,77?,78?,79-,80+,81+,82?,83?,84?,85-,86-,87+,88-,89-,93+,94+,95-/m0/s1. The van der Waals surface area contributed by atoms with Gasteiger partial charge in [-0.05, 0) is 19.3 Å². The van der Waals surface area contributed by atoms with Gasteiger partial charge in [-0.2, -0.15) is 0 Å². The third kappa shape index (κ3) is 36.3. The van der Waals surface area contributed by atoms with Crippen LogP contribution in [0.2, 0.25) is 0 Å². The van der Waals surface area contributed by atoms with Crippen LogP contribution in [0.1, 0.15) is 241 Å². The molecule has 7 fully saturated rings. The number of aliphatic hydroxyl groups is 22.